The molecule has 9 heteroatoms. The Hall–Kier alpha value is -4.14. The first-order valence-electron chi connectivity index (χ1n) is 20.2. The Bertz CT molecular complexity index is 1800. The summed E-state index contributed by atoms with van der Waals surface area (Å²) in [4.78, 5) is 49.8. The highest BCUT2D eigenvalue weighted by Crippen LogP contribution is 2.65. The lowest BCUT2D eigenvalue weighted by molar-refractivity contribution is -0.152. The lowest BCUT2D eigenvalue weighted by Gasteiger charge is -2.44. The molecular formula is C48H66O9. The molecule has 1 aliphatic heterocycles. The number of ketones is 2. The van der Waals surface area contributed by atoms with Crippen molar-refractivity contribution in [3.63, 3.8) is 0 Å². The molecule has 2 saturated carbocycles. The quantitative estimate of drug-likeness (QED) is 0.0369. The van der Waals surface area contributed by atoms with Gasteiger partial charge >= 0.3 is 11.9 Å². The van der Waals surface area contributed by atoms with Gasteiger partial charge in [0.25, 0.3) is 0 Å². The molecule has 3 rings (SSSR count). The van der Waals surface area contributed by atoms with Crippen molar-refractivity contribution in [2.45, 2.75) is 157 Å². The van der Waals surface area contributed by atoms with Crippen molar-refractivity contribution in [1.29, 1.82) is 0 Å². The third kappa shape index (κ3) is 12.4. The topological polar surface area (TPSA) is 140 Å². The summed E-state index contributed by atoms with van der Waals surface area (Å²) < 4.78 is 17.0. The number of Topliss-reactive ketones (excluding diaryl/α,β-unsaturated/α-hetero) is 2. The Kier molecular flexibility index (Phi) is 16.2. The van der Waals surface area contributed by atoms with Crippen LogP contribution in [0.2, 0.25) is 0 Å². The normalized spacial score (nSPS) is 29.1. The number of ether oxygens (including phenoxy) is 3. The second kappa shape index (κ2) is 19.5. The highest BCUT2D eigenvalue weighted by atomic mass is 16.6. The Balaban J connectivity index is 1.68. The van der Waals surface area contributed by atoms with Gasteiger partial charge in [0.15, 0.2) is 17.2 Å². The molecule has 2 N–H and O–H groups in total. The molecule has 2 aliphatic carbocycles. The number of hydrogen-bond acceptors (Lipinski definition) is 9. The molecule has 3 fully saturated rings. The second-order valence-electron chi connectivity index (χ2n) is 17.6. The van der Waals surface area contributed by atoms with Gasteiger partial charge in [-0.2, -0.15) is 0 Å². The Labute approximate surface area is 340 Å². The summed E-state index contributed by atoms with van der Waals surface area (Å²) in [5.41, 5.74) is 2.97. The number of allylic oxidation sites excluding steroid dienone is 13. The maximum Gasteiger partial charge on any atom is 0.306 e. The molecule has 57 heavy (non-hydrogen) atoms. The molecule has 0 aromatic heterocycles. The molecule has 1 heterocycles. The molecule has 0 amide bonds. The van der Waals surface area contributed by atoms with Crippen LogP contribution in [0.3, 0.4) is 0 Å². The summed E-state index contributed by atoms with van der Waals surface area (Å²) in [6, 6.07) is 0. The number of hydrogen-bond donors (Lipinski definition) is 2. The van der Waals surface area contributed by atoms with Crippen LogP contribution in [0.1, 0.15) is 128 Å². The average molecular weight is 787 g/mol. The van der Waals surface area contributed by atoms with Crippen LogP contribution < -0.4 is 0 Å². The van der Waals surface area contributed by atoms with Crippen molar-refractivity contribution in [3.05, 3.63) is 100 Å². The van der Waals surface area contributed by atoms with Crippen LogP contribution in [0, 0.1) is 10.8 Å². The lowest BCUT2D eigenvalue weighted by Crippen LogP contribution is -2.54. The number of carbonyl (C=O) groups is 4. The van der Waals surface area contributed by atoms with Crippen LogP contribution in [0.5, 0.6) is 0 Å². The van der Waals surface area contributed by atoms with Gasteiger partial charge in [0, 0.05) is 37.2 Å². The van der Waals surface area contributed by atoms with Gasteiger partial charge in [0.05, 0.1) is 5.60 Å². The van der Waals surface area contributed by atoms with Gasteiger partial charge in [0.1, 0.15) is 24.4 Å². The van der Waals surface area contributed by atoms with Crippen molar-refractivity contribution in [2.75, 3.05) is 6.61 Å². The molecule has 0 bridgehead atoms. The summed E-state index contributed by atoms with van der Waals surface area (Å²) in [6.45, 7) is 20.5. The zero-order chi connectivity index (χ0) is 42.8. The van der Waals surface area contributed by atoms with Crippen molar-refractivity contribution in [2.24, 2.45) is 10.8 Å². The number of rotatable bonds is 17. The summed E-state index contributed by atoms with van der Waals surface area (Å²) in [6.07, 6.45) is 23.6. The van der Waals surface area contributed by atoms with E-state index in [1.165, 1.54) is 6.92 Å². The minimum absolute atomic E-state index is 0.0657. The number of esters is 2. The molecule has 0 unspecified atom stereocenters. The van der Waals surface area contributed by atoms with Crippen LogP contribution >= 0.6 is 0 Å². The summed E-state index contributed by atoms with van der Waals surface area (Å²) in [5, 5.41) is 21.6. The fourth-order valence-electron chi connectivity index (χ4n) is 8.26. The molecule has 1 saturated heterocycles. The van der Waals surface area contributed by atoms with Gasteiger partial charge in [0.2, 0.25) is 0 Å². The van der Waals surface area contributed by atoms with E-state index in [0.717, 1.165) is 30.4 Å². The van der Waals surface area contributed by atoms with Crippen LogP contribution in [-0.2, 0) is 33.4 Å². The average Bonchev–Trinajstić information content (AvgIpc) is 3.73. The van der Waals surface area contributed by atoms with Crippen LogP contribution in [0.15, 0.2) is 100 Å². The summed E-state index contributed by atoms with van der Waals surface area (Å²) in [5.74, 6) is -1.07. The molecule has 0 spiro atoms. The van der Waals surface area contributed by atoms with E-state index in [-0.39, 0.29) is 49.4 Å². The number of aliphatic hydroxyl groups excluding tert-OH is 1. The minimum Gasteiger partial charge on any atom is -0.462 e. The van der Waals surface area contributed by atoms with Gasteiger partial charge < -0.3 is 24.4 Å². The molecule has 9 nitrogen and oxygen atoms in total. The van der Waals surface area contributed by atoms with Crippen molar-refractivity contribution >= 4 is 23.5 Å². The Morgan fingerprint density at radius 2 is 1.47 bits per heavy atom. The van der Waals surface area contributed by atoms with E-state index in [9.17, 15) is 29.4 Å². The zero-order valence-corrected chi connectivity index (χ0v) is 36.1. The van der Waals surface area contributed by atoms with Crippen molar-refractivity contribution in [3.8, 4) is 0 Å². The Morgan fingerprint density at radius 1 is 0.860 bits per heavy atom. The Morgan fingerprint density at radius 3 is 2.05 bits per heavy atom. The number of epoxide rings is 1. The molecule has 3 aliphatic rings. The maximum atomic E-state index is 13.2. The molecule has 0 aromatic rings. The van der Waals surface area contributed by atoms with E-state index < -0.39 is 39.8 Å². The van der Waals surface area contributed by atoms with E-state index in [1.54, 1.807) is 32.9 Å². The summed E-state index contributed by atoms with van der Waals surface area (Å²) in [7, 11) is 0. The largest absolute Gasteiger partial charge is 0.462 e. The summed E-state index contributed by atoms with van der Waals surface area (Å²) >= 11 is 0. The number of unbranched alkanes of at least 4 members (excludes halogenated alkanes) is 2. The molecule has 5 atom stereocenters. The van der Waals surface area contributed by atoms with Crippen LogP contribution in [-0.4, -0.2) is 69.3 Å². The molecule has 0 aromatic carbocycles. The smallest absolute Gasteiger partial charge is 0.306 e. The second-order valence-corrected chi connectivity index (χ2v) is 17.6. The standard InChI is InChI=1S/C48H66O9/c1-12-13-14-25-42(52)55-32-37(26-27-41-44(6,7)28-38(56-36(5)49)29-46(41,10)54)24-18-22-34(3)20-16-15-19-33(2)21-17-23-35(4)39(50)31-48-45(8,9)30-40(51)43(53)47(48,11)57-48/h15-24,26,38,40,51,54H,12-14,25,28-32H2,1-11H3/b16-15+,21-17+,22-18+,33-19+,34-20+,35-23+,37-24-/t27?,38-,40-,46+,47+,48-/m0/s1. The van der Waals surface area contributed by atoms with Crippen LogP contribution in [0.25, 0.3) is 0 Å². The van der Waals surface area contributed by atoms with Crippen LogP contribution in [0.4, 0.5) is 0 Å². The first kappa shape index (κ1) is 47.2. The van der Waals surface area contributed by atoms with E-state index in [0.29, 0.717) is 29.6 Å². The fourth-order valence-corrected chi connectivity index (χ4v) is 8.26. The van der Waals surface area contributed by atoms with Gasteiger partial charge in [-0.15, -0.1) is 5.73 Å². The number of aliphatic hydroxyl groups is 2. The third-order valence-electron chi connectivity index (χ3n) is 11.4. The fraction of sp³-hybridized carbons (Fsp3) is 0.562. The predicted octanol–water partition coefficient (Wildman–Crippen LogP) is 8.97. The number of carbonyl (C=O) groups excluding carboxylic acids is 4. The van der Waals surface area contributed by atoms with Crippen molar-refractivity contribution in [1.82, 2.24) is 0 Å². The predicted molar refractivity (Wildman–Crippen MR) is 224 cm³/mol. The third-order valence-corrected chi connectivity index (χ3v) is 11.4. The molecule has 0 radical (unpaired) electrons. The SMILES string of the molecule is CCCCCC(=O)OC\C(C=C=C1C(C)(C)C[C@H](OC(C)=O)C[C@@]1(C)O)=C/C=C/C(C)=C/C=C/C=C(C)/C=C/C=C(\C)C(=O)C[C@@]12O[C@]1(C)C(=O)[C@@H](O)CC2(C)C. The van der Waals surface area contributed by atoms with Gasteiger partial charge in [-0.25, -0.2) is 0 Å². The highest BCUT2D eigenvalue weighted by molar-refractivity contribution is 6.01. The van der Waals surface area contributed by atoms with E-state index in [2.05, 4.69) is 12.7 Å². The molecular weight excluding hydrogens is 721 g/mol. The van der Waals surface area contributed by atoms with E-state index >= 15 is 0 Å². The first-order valence-corrected chi connectivity index (χ1v) is 20.2. The minimum atomic E-state index is -1.24. The highest BCUT2D eigenvalue weighted by Gasteiger charge is 2.80. The van der Waals surface area contributed by atoms with Gasteiger partial charge in [-0.1, -0.05) is 119 Å². The van der Waals surface area contributed by atoms with E-state index in [1.807, 2.05) is 96.2 Å². The monoisotopic (exact) mass is 786 g/mol. The maximum absolute atomic E-state index is 13.2. The van der Waals surface area contributed by atoms with Gasteiger partial charge in [-0.3, -0.25) is 19.2 Å². The van der Waals surface area contributed by atoms with Crippen molar-refractivity contribution < 1.29 is 43.6 Å². The lowest BCUT2D eigenvalue weighted by atomic mass is 9.61. The zero-order valence-electron chi connectivity index (χ0n) is 36.1. The van der Waals surface area contributed by atoms with Gasteiger partial charge in [-0.05, 0) is 76.5 Å². The number of fused-ring (bicyclic) bond motifs is 1. The van der Waals surface area contributed by atoms with E-state index in [4.69, 9.17) is 14.2 Å². The first-order chi connectivity index (χ1) is 26.5. The molecule has 312 valence electrons.